The first-order valence-corrected chi connectivity index (χ1v) is 9.55. The summed E-state index contributed by atoms with van der Waals surface area (Å²) in [6.45, 7) is 2.17. The largest absolute Gasteiger partial charge is 0.469 e. The van der Waals surface area contributed by atoms with Crippen molar-refractivity contribution < 1.29 is 14.6 Å². The van der Waals surface area contributed by atoms with E-state index in [0.717, 1.165) is 50.4 Å². The summed E-state index contributed by atoms with van der Waals surface area (Å²) in [7, 11) is 1.43. The third kappa shape index (κ3) is 10.5. The van der Waals surface area contributed by atoms with Gasteiger partial charge in [-0.1, -0.05) is 37.8 Å². The molecule has 1 fully saturated rings. The summed E-state index contributed by atoms with van der Waals surface area (Å²) in [4.78, 5) is 11.0. The second-order valence-electron chi connectivity index (χ2n) is 6.81. The van der Waals surface area contributed by atoms with Crippen LogP contribution in [0.25, 0.3) is 0 Å². The number of esters is 1. The molecule has 1 rings (SSSR count). The van der Waals surface area contributed by atoms with Gasteiger partial charge in [-0.3, -0.25) is 4.79 Å². The maximum Gasteiger partial charge on any atom is 0.305 e. The molecular weight excluding hydrogens is 300 g/mol. The molecule has 0 unspecified atom stereocenters. The number of carbonyl (C=O) groups excluding carboxylic acids is 1. The van der Waals surface area contributed by atoms with E-state index in [1.54, 1.807) is 0 Å². The van der Waals surface area contributed by atoms with Crippen LogP contribution < -0.4 is 0 Å². The summed E-state index contributed by atoms with van der Waals surface area (Å²) < 4.78 is 4.61. The van der Waals surface area contributed by atoms with Crippen LogP contribution in [-0.4, -0.2) is 24.3 Å². The molecule has 1 N–H and O–H groups in total. The van der Waals surface area contributed by atoms with Crippen LogP contribution in [0.4, 0.5) is 0 Å². The average Bonchev–Trinajstić information content (AvgIpc) is 3.32. The van der Waals surface area contributed by atoms with Crippen molar-refractivity contribution in [3.8, 4) is 11.8 Å². The van der Waals surface area contributed by atoms with E-state index in [2.05, 4.69) is 35.7 Å². The zero-order chi connectivity index (χ0) is 17.6. The van der Waals surface area contributed by atoms with Crippen LogP contribution in [0.3, 0.4) is 0 Å². The molecule has 0 amide bonds. The highest BCUT2D eigenvalue weighted by Gasteiger charge is 2.34. The third-order valence-corrected chi connectivity index (χ3v) is 4.63. The first-order valence-electron chi connectivity index (χ1n) is 9.55. The van der Waals surface area contributed by atoms with Gasteiger partial charge in [0.2, 0.25) is 0 Å². The highest BCUT2D eigenvalue weighted by atomic mass is 16.5. The van der Waals surface area contributed by atoms with Crippen LogP contribution in [0, 0.1) is 23.7 Å². The van der Waals surface area contributed by atoms with E-state index < -0.39 is 6.10 Å². The standard InChI is InChI=1S/C21H34O3/c1-3-4-8-14-20(22)15-11-13-19-17-18(19)12-9-6-5-7-10-16-21(23)24-2/h5-6,18-20,22H,3-4,7-10,12-14,16-17H2,1-2H3/t18-,19+,20+/m1/s1. The van der Waals surface area contributed by atoms with E-state index in [1.165, 1.54) is 32.8 Å². The molecule has 0 heterocycles. The van der Waals surface area contributed by atoms with Gasteiger partial charge in [0.1, 0.15) is 6.10 Å². The summed E-state index contributed by atoms with van der Waals surface area (Å²) in [6, 6.07) is 0. The quantitative estimate of drug-likeness (QED) is 0.245. The number of methoxy groups -OCH3 is 1. The molecule has 3 nitrogen and oxygen atoms in total. The fourth-order valence-corrected chi connectivity index (χ4v) is 2.89. The van der Waals surface area contributed by atoms with Gasteiger partial charge in [-0.15, -0.1) is 5.92 Å². The maximum atomic E-state index is 11.0. The molecule has 1 aliphatic carbocycles. The summed E-state index contributed by atoms with van der Waals surface area (Å²) >= 11 is 0. The lowest BCUT2D eigenvalue weighted by molar-refractivity contribution is -0.140. The number of allylic oxidation sites excluding steroid dienone is 2. The summed E-state index contributed by atoms with van der Waals surface area (Å²) in [5.74, 6) is 7.60. The van der Waals surface area contributed by atoms with Crippen molar-refractivity contribution in [3.05, 3.63) is 12.2 Å². The molecule has 136 valence electrons. The van der Waals surface area contributed by atoms with Gasteiger partial charge in [0, 0.05) is 12.8 Å². The number of aliphatic hydroxyl groups is 1. The van der Waals surface area contributed by atoms with Crippen molar-refractivity contribution >= 4 is 5.97 Å². The molecule has 0 aromatic heterocycles. The average molecular weight is 335 g/mol. The maximum absolute atomic E-state index is 11.0. The van der Waals surface area contributed by atoms with Crippen molar-refractivity contribution in [2.45, 2.75) is 83.7 Å². The molecule has 0 aromatic rings. The van der Waals surface area contributed by atoms with Gasteiger partial charge in [0.25, 0.3) is 0 Å². The van der Waals surface area contributed by atoms with E-state index in [9.17, 15) is 9.90 Å². The number of ether oxygens (including phenoxy) is 1. The molecule has 0 saturated heterocycles. The van der Waals surface area contributed by atoms with Crippen LogP contribution in [0.5, 0.6) is 0 Å². The minimum absolute atomic E-state index is 0.124. The van der Waals surface area contributed by atoms with Crippen molar-refractivity contribution in [1.29, 1.82) is 0 Å². The first kappa shape index (κ1) is 20.8. The first-order chi connectivity index (χ1) is 11.7. The van der Waals surface area contributed by atoms with Crippen molar-refractivity contribution in [3.63, 3.8) is 0 Å². The van der Waals surface area contributed by atoms with Crippen LogP contribution >= 0.6 is 0 Å². The topological polar surface area (TPSA) is 46.5 Å². The lowest BCUT2D eigenvalue weighted by Gasteiger charge is -2.01. The highest BCUT2D eigenvalue weighted by molar-refractivity contribution is 5.69. The van der Waals surface area contributed by atoms with Crippen molar-refractivity contribution in [1.82, 2.24) is 0 Å². The molecule has 24 heavy (non-hydrogen) atoms. The Balaban J connectivity index is 1.98. The Morgan fingerprint density at radius 2 is 2.04 bits per heavy atom. The number of carbonyl (C=O) groups is 1. The molecule has 0 radical (unpaired) electrons. The monoisotopic (exact) mass is 334 g/mol. The van der Waals surface area contributed by atoms with Crippen LogP contribution in [0.15, 0.2) is 12.2 Å². The predicted octanol–water partition coefficient (Wildman–Crippen LogP) is 4.64. The second-order valence-corrected chi connectivity index (χ2v) is 6.81. The number of aliphatic hydroxyl groups excluding tert-OH is 1. The minimum atomic E-state index is -0.429. The SMILES string of the molecule is CCCCC[C@H](O)C#CC[C@H]1C[C@H]1CCC=CCCCC(=O)OC. The normalized spacial score (nSPS) is 20.5. The van der Waals surface area contributed by atoms with Gasteiger partial charge in [0.05, 0.1) is 7.11 Å². The molecule has 1 aliphatic rings. The Hall–Kier alpha value is -1.27. The molecule has 0 spiro atoms. The van der Waals surface area contributed by atoms with Gasteiger partial charge >= 0.3 is 5.97 Å². The fraction of sp³-hybridized carbons (Fsp3) is 0.762. The lowest BCUT2D eigenvalue weighted by atomic mass is 10.1. The molecule has 3 heteroatoms. The Bertz CT molecular complexity index is 430. The van der Waals surface area contributed by atoms with E-state index in [0.29, 0.717) is 6.42 Å². The molecule has 0 aromatic carbocycles. The zero-order valence-electron chi connectivity index (χ0n) is 15.4. The summed E-state index contributed by atoms with van der Waals surface area (Å²) in [5, 5.41) is 9.76. The third-order valence-electron chi connectivity index (χ3n) is 4.63. The Labute approximate surface area is 147 Å². The zero-order valence-corrected chi connectivity index (χ0v) is 15.4. The van der Waals surface area contributed by atoms with E-state index in [4.69, 9.17) is 0 Å². The summed E-state index contributed by atoms with van der Waals surface area (Å²) in [5.41, 5.74) is 0. The number of hydrogen-bond acceptors (Lipinski definition) is 3. The van der Waals surface area contributed by atoms with Crippen molar-refractivity contribution in [2.24, 2.45) is 11.8 Å². The smallest absolute Gasteiger partial charge is 0.305 e. The van der Waals surface area contributed by atoms with Gasteiger partial charge in [-0.25, -0.2) is 0 Å². The molecule has 1 saturated carbocycles. The van der Waals surface area contributed by atoms with E-state index in [1.807, 2.05) is 0 Å². The highest BCUT2D eigenvalue weighted by Crippen LogP contribution is 2.44. The molecule has 0 bridgehead atoms. The van der Waals surface area contributed by atoms with Crippen LogP contribution in [0.2, 0.25) is 0 Å². The Kier molecular flexibility index (Phi) is 11.3. The second kappa shape index (κ2) is 13.1. The van der Waals surface area contributed by atoms with E-state index in [-0.39, 0.29) is 5.97 Å². The van der Waals surface area contributed by atoms with Crippen molar-refractivity contribution in [2.75, 3.05) is 7.11 Å². The molecular formula is C21H34O3. The molecule has 0 aliphatic heterocycles. The summed E-state index contributed by atoms with van der Waals surface area (Å²) in [6.07, 6.45) is 15.1. The van der Waals surface area contributed by atoms with E-state index >= 15 is 0 Å². The number of hydrogen-bond donors (Lipinski definition) is 1. The van der Waals surface area contributed by atoms with Gasteiger partial charge < -0.3 is 9.84 Å². The van der Waals surface area contributed by atoms with Gasteiger partial charge in [-0.05, 0) is 56.8 Å². The number of rotatable bonds is 12. The predicted molar refractivity (Wildman–Crippen MR) is 98.4 cm³/mol. The van der Waals surface area contributed by atoms with Crippen LogP contribution in [0.1, 0.15) is 77.6 Å². The Morgan fingerprint density at radius 3 is 2.79 bits per heavy atom. The van der Waals surface area contributed by atoms with Gasteiger partial charge in [-0.2, -0.15) is 0 Å². The van der Waals surface area contributed by atoms with Gasteiger partial charge in [0.15, 0.2) is 0 Å². The fourth-order valence-electron chi connectivity index (χ4n) is 2.89. The van der Waals surface area contributed by atoms with Crippen LogP contribution in [-0.2, 0) is 9.53 Å². The molecule has 3 atom stereocenters. The lowest BCUT2D eigenvalue weighted by Crippen LogP contribution is -2.02. The minimum Gasteiger partial charge on any atom is -0.469 e. The number of unbranched alkanes of at least 4 members (excludes halogenated alkanes) is 3. The Morgan fingerprint density at radius 1 is 1.25 bits per heavy atom.